The molecule has 2 unspecified atom stereocenters. The third-order valence-corrected chi connectivity index (χ3v) is 7.38. The predicted molar refractivity (Wildman–Crippen MR) is 77.8 cm³/mol. The SMILES string of the molecule is CC1(O)OC(c2ccccc2)CC12SCCCS2. The summed E-state index contributed by atoms with van der Waals surface area (Å²) in [7, 11) is 0. The van der Waals surface area contributed by atoms with Gasteiger partial charge in [0.1, 0.15) is 4.08 Å². The van der Waals surface area contributed by atoms with Crippen molar-refractivity contribution in [1.82, 2.24) is 0 Å². The summed E-state index contributed by atoms with van der Waals surface area (Å²) >= 11 is 3.73. The van der Waals surface area contributed by atoms with Gasteiger partial charge in [-0.2, -0.15) is 0 Å². The second-order valence-corrected chi connectivity index (χ2v) is 8.05. The largest absolute Gasteiger partial charge is 0.364 e. The number of benzene rings is 1. The molecule has 0 saturated carbocycles. The van der Waals surface area contributed by atoms with E-state index in [9.17, 15) is 5.11 Å². The molecule has 1 aromatic carbocycles. The molecular weight excluding hydrogens is 264 g/mol. The van der Waals surface area contributed by atoms with Crippen LogP contribution in [0.1, 0.15) is 31.4 Å². The molecule has 2 nitrogen and oxygen atoms in total. The molecule has 2 aliphatic heterocycles. The molecule has 3 rings (SSSR count). The van der Waals surface area contributed by atoms with Crippen molar-refractivity contribution in [2.45, 2.75) is 35.7 Å². The lowest BCUT2D eigenvalue weighted by Crippen LogP contribution is -2.45. The third kappa shape index (κ3) is 2.09. The Morgan fingerprint density at radius 1 is 1.22 bits per heavy atom. The van der Waals surface area contributed by atoms with Crippen molar-refractivity contribution in [1.29, 1.82) is 0 Å². The maximum absolute atomic E-state index is 10.6. The van der Waals surface area contributed by atoms with E-state index in [0.717, 1.165) is 17.9 Å². The van der Waals surface area contributed by atoms with E-state index in [0.29, 0.717) is 0 Å². The van der Waals surface area contributed by atoms with Crippen molar-refractivity contribution >= 4 is 23.5 Å². The van der Waals surface area contributed by atoms with E-state index in [2.05, 4.69) is 12.1 Å². The molecule has 1 spiro atoms. The molecule has 2 aliphatic rings. The first-order chi connectivity index (χ1) is 8.63. The van der Waals surface area contributed by atoms with Crippen molar-refractivity contribution in [2.24, 2.45) is 0 Å². The Kier molecular flexibility index (Phi) is 3.39. The molecule has 0 amide bonds. The van der Waals surface area contributed by atoms with E-state index in [4.69, 9.17) is 4.74 Å². The molecule has 18 heavy (non-hydrogen) atoms. The van der Waals surface area contributed by atoms with Gasteiger partial charge in [-0.15, -0.1) is 23.5 Å². The van der Waals surface area contributed by atoms with Gasteiger partial charge in [-0.1, -0.05) is 30.3 Å². The van der Waals surface area contributed by atoms with Crippen LogP contribution in [0.4, 0.5) is 0 Å². The van der Waals surface area contributed by atoms with Gasteiger partial charge < -0.3 is 9.84 Å². The molecule has 0 radical (unpaired) electrons. The lowest BCUT2D eigenvalue weighted by Gasteiger charge is -2.39. The highest BCUT2D eigenvalue weighted by molar-refractivity contribution is 8.18. The van der Waals surface area contributed by atoms with Crippen LogP contribution in [0, 0.1) is 0 Å². The molecular formula is C14H18O2S2. The van der Waals surface area contributed by atoms with Crippen molar-refractivity contribution in [3.63, 3.8) is 0 Å². The van der Waals surface area contributed by atoms with Gasteiger partial charge in [-0.3, -0.25) is 0 Å². The van der Waals surface area contributed by atoms with E-state index in [1.807, 2.05) is 48.6 Å². The second kappa shape index (κ2) is 4.75. The number of ether oxygens (including phenoxy) is 1. The van der Waals surface area contributed by atoms with Crippen molar-refractivity contribution in [3.8, 4) is 0 Å². The Labute approximate surface area is 116 Å². The van der Waals surface area contributed by atoms with E-state index < -0.39 is 5.79 Å². The first kappa shape index (κ1) is 12.9. The van der Waals surface area contributed by atoms with Gasteiger partial charge in [0.05, 0.1) is 6.10 Å². The Hall–Kier alpha value is -0.160. The van der Waals surface area contributed by atoms with E-state index in [1.165, 1.54) is 12.0 Å². The Morgan fingerprint density at radius 3 is 2.56 bits per heavy atom. The van der Waals surface area contributed by atoms with Gasteiger partial charge in [0.25, 0.3) is 0 Å². The molecule has 4 heteroatoms. The summed E-state index contributed by atoms with van der Waals surface area (Å²) in [4.78, 5) is 0. The van der Waals surface area contributed by atoms with Gasteiger partial charge in [-0.25, -0.2) is 0 Å². The summed E-state index contributed by atoms with van der Waals surface area (Å²) in [5, 5.41) is 10.6. The Bertz CT molecular complexity index is 413. The molecule has 2 fully saturated rings. The standard InChI is InChI=1S/C14H18O2S2/c1-13(15)14(17-8-5-9-18-14)10-12(16-13)11-6-3-2-4-7-11/h2-4,6-7,12,15H,5,8-10H2,1H3. The molecule has 0 bridgehead atoms. The minimum Gasteiger partial charge on any atom is -0.364 e. The van der Waals surface area contributed by atoms with Gasteiger partial charge in [-0.05, 0) is 30.4 Å². The van der Waals surface area contributed by atoms with E-state index in [1.54, 1.807) is 0 Å². The van der Waals surface area contributed by atoms with Crippen LogP contribution in [0.3, 0.4) is 0 Å². The fourth-order valence-corrected chi connectivity index (χ4v) is 6.08. The van der Waals surface area contributed by atoms with Crippen LogP contribution >= 0.6 is 23.5 Å². The molecule has 1 N–H and O–H groups in total. The summed E-state index contributed by atoms with van der Waals surface area (Å²) < 4.78 is 5.75. The summed E-state index contributed by atoms with van der Waals surface area (Å²) in [6, 6.07) is 10.2. The highest BCUT2D eigenvalue weighted by Crippen LogP contribution is 2.60. The highest BCUT2D eigenvalue weighted by atomic mass is 32.2. The lowest BCUT2D eigenvalue weighted by molar-refractivity contribution is -0.181. The topological polar surface area (TPSA) is 29.5 Å². The summed E-state index contributed by atoms with van der Waals surface area (Å²) in [5.41, 5.74) is 1.17. The lowest BCUT2D eigenvalue weighted by atomic mass is 10.1. The molecule has 0 aromatic heterocycles. The monoisotopic (exact) mass is 282 g/mol. The second-order valence-electron chi connectivity index (χ2n) is 5.01. The fraction of sp³-hybridized carbons (Fsp3) is 0.571. The predicted octanol–water partition coefficient (Wildman–Crippen LogP) is 3.42. The van der Waals surface area contributed by atoms with Crippen LogP contribution < -0.4 is 0 Å². The smallest absolute Gasteiger partial charge is 0.187 e. The van der Waals surface area contributed by atoms with Crippen molar-refractivity contribution < 1.29 is 9.84 Å². The van der Waals surface area contributed by atoms with E-state index in [-0.39, 0.29) is 10.2 Å². The quantitative estimate of drug-likeness (QED) is 0.854. The fourth-order valence-electron chi connectivity index (χ4n) is 2.66. The van der Waals surface area contributed by atoms with Crippen LogP contribution in [0.25, 0.3) is 0 Å². The molecule has 2 heterocycles. The zero-order valence-corrected chi connectivity index (χ0v) is 12.1. The Morgan fingerprint density at radius 2 is 1.89 bits per heavy atom. The van der Waals surface area contributed by atoms with Crippen LogP contribution in [-0.4, -0.2) is 26.5 Å². The zero-order chi connectivity index (χ0) is 12.6. The van der Waals surface area contributed by atoms with Crippen LogP contribution in [0.15, 0.2) is 30.3 Å². The first-order valence-electron chi connectivity index (χ1n) is 6.36. The van der Waals surface area contributed by atoms with Gasteiger partial charge in [0, 0.05) is 6.42 Å². The summed E-state index contributed by atoms with van der Waals surface area (Å²) in [5.74, 6) is 1.20. The zero-order valence-electron chi connectivity index (χ0n) is 10.5. The molecule has 2 saturated heterocycles. The first-order valence-corrected chi connectivity index (χ1v) is 8.33. The number of aliphatic hydroxyl groups is 1. The molecule has 0 aliphatic carbocycles. The number of hydrogen-bond acceptors (Lipinski definition) is 4. The molecule has 1 aromatic rings. The minimum absolute atomic E-state index is 0.0132. The average molecular weight is 282 g/mol. The average Bonchev–Trinajstić information content (AvgIpc) is 2.63. The van der Waals surface area contributed by atoms with Crippen LogP contribution in [0.5, 0.6) is 0 Å². The normalized spacial score (nSPS) is 34.9. The third-order valence-electron chi connectivity index (χ3n) is 3.66. The number of hydrogen-bond donors (Lipinski definition) is 1. The van der Waals surface area contributed by atoms with Gasteiger partial charge >= 0.3 is 0 Å². The molecule has 98 valence electrons. The summed E-state index contributed by atoms with van der Waals surface area (Å²) in [6.45, 7) is 1.82. The maximum atomic E-state index is 10.6. The number of rotatable bonds is 1. The van der Waals surface area contributed by atoms with E-state index >= 15 is 0 Å². The maximum Gasteiger partial charge on any atom is 0.187 e. The van der Waals surface area contributed by atoms with Crippen LogP contribution in [0.2, 0.25) is 0 Å². The van der Waals surface area contributed by atoms with Crippen molar-refractivity contribution in [2.75, 3.05) is 11.5 Å². The summed E-state index contributed by atoms with van der Waals surface area (Å²) in [6.07, 6.45) is 2.13. The minimum atomic E-state index is -1.04. The highest BCUT2D eigenvalue weighted by Gasteiger charge is 2.58. The van der Waals surface area contributed by atoms with Crippen molar-refractivity contribution in [3.05, 3.63) is 35.9 Å². The number of thioether (sulfide) groups is 2. The van der Waals surface area contributed by atoms with Gasteiger partial charge in [0.2, 0.25) is 0 Å². The van der Waals surface area contributed by atoms with Crippen LogP contribution in [-0.2, 0) is 4.74 Å². The Balaban J connectivity index is 1.86. The van der Waals surface area contributed by atoms with Gasteiger partial charge in [0.15, 0.2) is 5.79 Å². The molecule has 2 atom stereocenters.